The number of aromatic amines is 1. The first-order valence-electron chi connectivity index (χ1n) is 5.20. The van der Waals surface area contributed by atoms with Gasteiger partial charge < -0.3 is 4.74 Å². The van der Waals surface area contributed by atoms with Gasteiger partial charge in [-0.1, -0.05) is 30.3 Å². The molecule has 88 valence electrons. The van der Waals surface area contributed by atoms with E-state index in [1.165, 1.54) is 0 Å². The fourth-order valence-electron chi connectivity index (χ4n) is 1.54. The van der Waals surface area contributed by atoms with Crippen molar-refractivity contribution >= 4 is 21.9 Å². The summed E-state index contributed by atoms with van der Waals surface area (Å²) in [5.41, 5.74) is 1.94. The Balaban J connectivity index is 2.47. The molecule has 0 saturated carbocycles. The number of ether oxygens (including phenoxy) is 1. The molecule has 0 spiro atoms. The summed E-state index contributed by atoms with van der Waals surface area (Å²) in [5, 5.41) is 6.71. The Kier molecular flexibility index (Phi) is 3.58. The molecule has 0 aliphatic heterocycles. The molecule has 4 nitrogen and oxygen atoms in total. The van der Waals surface area contributed by atoms with Gasteiger partial charge in [-0.25, -0.2) is 4.79 Å². The molecule has 2 aromatic rings. The molecule has 0 bridgehead atoms. The molecule has 0 atom stereocenters. The molecule has 5 heteroatoms. The highest BCUT2D eigenvalue weighted by Crippen LogP contribution is 2.29. The normalized spacial score (nSPS) is 10.2. The Bertz CT molecular complexity index is 523. The van der Waals surface area contributed by atoms with Crippen molar-refractivity contribution in [2.24, 2.45) is 0 Å². The molecular formula is C12H11BrN2O2. The minimum absolute atomic E-state index is 0.296. The lowest BCUT2D eigenvalue weighted by molar-refractivity contribution is 0.0520. The van der Waals surface area contributed by atoms with Crippen LogP contribution in [0.4, 0.5) is 0 Å². The number of benzene rings is 1. The first kappa shape index (κ1) is 11.9. The summed E-state index contributed by atoms with van der Waals surface area (Å²) in [6, 6.07) is 9.56. The number of esters is 1. The number of carbonyl (C=O) groups is 1. The van der Waals surface area contributed by atoms with E-state index in [0.29, 0.717) is 16.9 Å². The van der Waals surface area contributed by atoms with Gasteiger partial charge in [0.15, 0.2) is 5.69 Å². The van der Waals surface area contributed by atoms with E-state index in [1.54, 1.807) is 6.92 Å². The molecule has 0 fully saturated rings. The number of nitrogens with zero attached hydrogens (tertiary/aromatic N) is 1. The summed E-state index contributed by atoms with van der Waals surface area (Å²) < 4.78 is 5.63. The second-order valence-corrected chi connectivity index (χ2v) is 4.14. The molecular weight excluding hydrogens is 284 g/mol. The van der Waals surface area contributed by atoms with Gasteiger partial charge in [0.2, 0.25) is 0 Å². The summed E-state index contributed by atoms with van der Waals surface area (Å²) in [5.74, 6) is -0.423. The van der Waals surface area contributed by atoms with E-state index < -0.39 is 5.97 Å². The zero-order valence-corrected chi connectivity index (χ0v) is 10.8. The van der Waals surface area contributed by atoms with E-state index in [9.17, 15) is 4.79 Å². The SMILES string of the molecule is CCOC(=O)c1n[nH]c(Br)c1-c1ccccc1. The number of carbonyl (C=O) groups excluding carboxylic acids is 1. The summed E-state index contributed by atoms with van der Waals surface area (Å²) in [6.45, 7) is 2.10. The Morgan fingerprint density at radius 3 is 2.76 bits per heavy atom. The standard InChI is InChI=1S/C12H11BrN2O2/c1-2-17-12(16)10-9(11(13)15-14-10)8-6-4-3-5-7-8/h3-7H,2H2,1H3,(H,14,15). The van der Waals surface area contributed by atoms with E-state index >= 15 is 0 Å². The molecule has 1 aromatic heterocycles. The predicted octanol–water partition coefficient (Wildman–Crippen LogP) is 3.02. The summed E-state index contributed by atoms with van der Waals surface area (Å²) in [6.07, 6.45) is 0. The lowest BCUT2D eigenvalue weighted by Crippen LogP contribution is -2.06. The van der Waals surface area contributed by atoms with Gasteiger partial charge in [-0.15, -0.1) is 0 Å². The van der Waals surface area contributed by atoms with Crippen molar-refractivity contribution in [2.75, 3.05) is 6.61 Å². The minimum atomic E-state index is -0.423. The number of rotatable bonds is 3. The van der Waals surface area contributed by atoms with E-state index in [4.69, 9.17) is 4.74 Å². The first-order chi connectivity index (χ1) is 8.24. The molecule has 2 rings (SSSR count). The quantitative estimate of drug-likeness (QED) is 0.886. The van der Waals surface area contributed by atoms with E-state index in [2.05, 4.69) is 26.1 Å². The number of halogens is 1. The van der Waals surface area contributed by atoms with Crippen molar-refractivity contribution in [3.63, 3.8) is 0 Å². The molecule has 0 unspecified atom stereocenters. The molecule has 0 radical (unpaired) electrons. The van der Waals surface area contributed by atoms with Crippen molar-refractivity contribution in [3.8, 4) is 11.1 Å². The van der Waals surface area contributed by atoms with Crippen LogP contribution >= 0.6 is 15.9 Å². The summed E-state index contributed by atoms with van der Waals surface area (Å²) in [4.78, 5) is 11.7. The average Bonchev–Trinajstić information content (AvgIpc) is 2.73. The van der Waals surface area contributed by atoms with Gasteiger partial charge in [0, 0.05) is 5.56 Å². The van der Waals surface area contributed by atoms with Gasteiger partial charge in [0.1, 0.15) is 4.60 Å². The first-order valence-corrected chi connectivity index (χ1v) is 5.99. The number of hydrogen-bond acceptors (Lipinski definition) is 3. The van der Waals surface area contributed by atoms with Crippen molar-refractivity contribution in [2.45, 2.75) is 6.92 Å². The van der Waals surface area contributed by atoms with Crippen LogP contribution in [0, 0.1) is 0 Å². The van der Waals surface area contributed by atoms with Crippen LogP contribution in [-0.4, -0.2) is 22.8 Å². The molecule has 0 saturated heterocycles. The maximum absolute atomic E-state index is 11.7. The molecule has 1 heterocycles. The zero-order chi connectivity index (χ0) is 12.3. The fourth-order valence-corrected chi connectivity index (χ4v) is 2.04. The number of nitrogens with one attached hydrogen (secondary N) is 1. The zero-order valence-electron chi connectivity index (χ0n) is 9.24. The van der Waals surface area contributed by atoms with Gasteiger partial charge in [0.05, 0.1) is 6.61 Å². The largest absolute Gasteiger partial charge is 0.461 e. The number of aromatic nitrogens is 2. The average molecular weight is 295 g/mol. The lowest BCUT2D eigenvalue weighted by atomic mass is 10.1. The van der Waals surface area contributed by atoms with Crippen molar-refractivity contribution < 1.29 is 9.53 Å². The third-order valence-corrected chi connectivity index (χ3v) is 2.83. The molecule has 1 N–H and O–H groups in total. The van der Waals surface area contributed by atoms with Crippen LogP contribution in [0.25, 0.3) is 11.1 Å². The molecule has 1 aromatic carbocycles. The van der Waals surface area contributed by atoms with Crippen molar-refractivity contribution in [1.82, 2.24) is 10.2 Å². The fraction of sp³-hybridized carbons (Fsp3) is 0.167. The Labute approximate surface area is 107 Å². The third kappa shape index (κ3) is 2.39. The van der Waals surface area contributed by atoms with Gasteiger partial charge >= 0.3 is 5.97 Å². The Morgan fingerprint density at radius 1 is 1.41 bits per heavy atom. The predicted molar refractivity (Wildman–Crippen MR) is 67.7 cm³/mol. The highest BCUT2D eigenvalue weighted by molar-refractivity contribution is 9.10. The monoisotopic (exact) mass is 294 g/mol. The highest BCUT2D eigenvalue weighted by atomic mass is 79.9. The summed E-state index contributed by atoms with van der Waals surface area (Å²) in [7, 11) is 0. The van der Waals surface area contributed by atoms with Crippen LogP contribution in [0.15, 0.2) is 34.9 Å². The molecule has 17 heavy (non-hydrogen) atoms. The Morgan fingerprint density at radius 2 is 2.12 bits per heavy atom. The van der Waals surface area contributed by atoms with Crippen LogP contribution in [-0.2, 0) is 4.74 Å². The maximum atomic E-state index is 11.7. The Hall–Kier alpha value is -1.62. The minimum Gasteiger partial charge on any atom is -0.461 e. The maximum Gasteiger partial charge on any atom is 0.359 e. The van der Waals surface area contributed by atoms with Crippen LogP contribution in [0.2, 0.25) is 0 Å². The molecule has 0 aliphatic rings. The smallest absolute Gasteiger partial charge is 0.359 e. The third-order valence-electron chi connectivity index (χ3n) is 2.25. The van der Waals surface area contributed by atoms with Gasteiger partial charge in [-0.3, -0.25) is 5.10 Å². The highest BCUT2D eigenvalue weighted by Gasteiger charge is 2.20. The topological polar surface area (TPSA) is 55.0 Å². The van der Waals surface area contributed by atoms with E-state index in [1.807, 2.05) is 30.3 Å². The van der Waals surface area contributed by atoms with Gasteiger partial charge in [-0.2, -0.15) is 5.10 Å². The number of hydrogen-bond donors (Lipinski definition) is 1. The second-order valence-electron chi connectivity index (χ2n) is 3.35. The lowest BCUT2D eigenvalue weighted by Gasteiger charge is -2.03. The van der Waals surface area contributed by atoms with Crippen LogP contribution in [0.3, 0.4) is 0 Å². The molecule has 0 amide bonds. The van der Waals surface area contributed by atoms with Crippen LogP contribution < -0.4 is 0 Å². The second kappa shape index (κ2) is 5.14. The number of H-pyrrole nitrogens is 1. The van der Waals surface area contributed by atoms with Crippen molar-refractivity contribution in [1.29, 1.82) is 0 Å². The van der Waals surface area contributed by atoms with E-state index in [-0.39, 0.29) is 0 Å². The van der Waals surface area contributed by atoms with Crippen LogP contribution in [0.1, 0.15) is 17.4 Å². The van der Waals surface area contributed by atoms with Gasteiger partial charge in [0.25, 0.3) is 0 Å². The van der Waals surface area contributed by atoms with Gasteiger partial charge in [-0.05, 0) is 28.4 Å². The van der Waals surface area contributed by atoms with Crippen LogP contribution in [0.5, 0.6) is 0 Å². The molecule has 0 aliphatic carbocycles. The van der Waals surface area contributed by atoms with Crippen molar-refractivity contribution in [3.05, 3.63) is 40.6 Å². The van der Waals surface area contributed by atoms with E-state index in [0.717, 1.165) is 11.1 Å². The summed E-state index contributed by atoms with van der Waals surface area (Å²) >= 11 is 3.35.